The van der Waals surface area contributed by atoms with Crippen molar-refractivity contribution in [1.82, 2.24) is 10.2 Å². The Bertz CT molecular complexity index is 375. The average molecular weight is 282 g/mol. The van der Waals surface area contributed by atoms with Gasteiger partial charge in [-0.05, 0) is 19.4 Å². The van der Waals surface area contributed by atoms with Crippen molar-refractivity contribution < 1.29 is 14.3 Å². The summed E-state index contributed by atoms with van der Waals surface area (Å²) >= 11 is 0. The van der Waals surface area contributed by atoms with Crippen molar-refractivity contribution in [2.75, 3.05) is 26.3 Å². The Morgan fingerprint density at radius 1 is 1.45 bits per heavy atom. The second-order valence-corrected chi connectivity index (χ2v) is 6.55. The van der Waals surface area contributed by atoms with Crippen molar-refractivity contribution in [2.24, 2.45) is 11.3 Å². The van der Waals surface area contributed by atoms with Crippen LogP contribution < -0.4 is 5.32 Å². The van der Waals surface area contributed by atoms with Gasteiger partial charge in [0, 0.05) is 31.5 Å². The maximum Gasteiger partial charge on any atom is 0.235 e. The van der Waals surface area contributed by atoms with Crippen molar-refractivity contribution in [3.05, 3.63) is 0 Å². The molecule has 0 bridgehead atoms. The van der Waals surface area contributed by atoms with E-state index in [0.29, 0.717) is 18.9 Å². The minimum Gasteiger partial charge on any atom is -0.381 e. The van der Waals surface area contributed by atoms with Gasteiger partial charge in [0.05, 0.1) is 12.0 Å². The van der Waals surface area contributed by atoms with Crippen LogP contribution in [0, 0.1) is 11.3 Å². The summed E-state index contributed by atoms with van der Waals surface area (Å²) in [6.45, 7) is 8.70. The molecule has 2 unspecified atom stereocenters. The monoisotopic (exact) mass is 282 g/mol. The molecule has 2 rings (SSSR count). The molecule has 0 spiro atoms. The summed E-state index contributed by atoms with van der Waals surface area (Å²) in [7, 11) is 0. The van der Waals surface area contributed by atoms with Gasteiger partial charge in [-0.2, -0.15) is 0 Å². The lowest BCUT2D eigenvalue weighted by Crippen LogP contribution is -2.48. The zero-order valence-electron chi connectivity index (χ0n) is 12.8. The van der Waals surface area contributed by atoms with Gasteiger partial charge < -0.3 is 10.1 Å². The van der Waals surface area contributed by atoms with Crippen LogP contribution in [-0.4, -0.2) is 49.1 Å². The van der Waals surface area contributed by atoms with Crippen LogP contribution in [0.1, 0.15) is 40.0 Å². The molecule has 0 aromatic rings. The van der Waals surface area contributed by atoms with E-state index in [0.717, 1.165) is 32.6 Å². The second-order valence-electron chi connectivity index (χ2n) is 6.55. The number of amides is 2. The number of carbonyl (C=O) groups excluding carboxylic acids is 2. The topological polar surface area (TPSA) is 58.6 Å². The molecule has 0 radical (unpaired) electrons. The molecule has 0 aromatic heterocycles. The largest absolute Gasteiger partial charge is 0.381 e. The Kier molecular flexibility index (Phi) is 4.81. The van der Waals surface area contributed by atoms with Crippen LogP contribution in [0.2, 0.25) is 0 Å². The SMILES string of the molecule is CCCNC(CN1C(=O)CC(C)(C)C1=O)C1CCOC1. The number of rotatable bonds is 6. The zero-order chi connectivity index (χ0) is 14.8. The molecule has 0 aliphatic carbocycles. The van der Waals surface area contributed by atoms with E-state index in [1.807, 2.05) is 13.8 Å². The Morgan fingerprint density at radius 3 is 2.70 bits per heavy atom. The van der Waals surface area contributed by atoms with Crippen LogP contribution in [0.3, 0.4) is 0 Å². The number of nitrogens with one attached hydrogen (secondary N) is 1. The molecule has 2 atom stereocenters. The number of hydrogen-bond acceptors (Lipinski definition) is 4. The highest BCUT2D eigenvalue weighted by Crippen LogP contribution is 2.32. The molecule has 1 N–H and O–H groups in total. The fourth-order valence-corrected chi connectivity index (χ4v) is 2.99. The minimum atomic E-state index is -0.543. The van der Waals surface area contributed by atoms with Gasteiger partial charge in [0.25, 0.3) is 0 Å². The van der Waals surface area contributed by atoms with E-state index in [-0.39, 0.29) is 17.9 Å². The summed E-state index contributed by atoms with van der Waals surface area (Å²) < 4.78 is 5.45. The van der Waals surface area contributed by atoms with Crippen LogP contribution in [0.25, 0.3) is 0 Å². The van der Waals surface area contributed by atoms with Gasteiger partial charge in [-0.15, -0.1) is 0 Å². The van der Waals surface area contributed by atoms with Gasteiger partial charge in [-0.25, -0.2) is 0 Å². The fourth-order valence-electron chi connectivity index (χ4n) is 2.99. The van der Waals surface area contributed by atoms with E-state index in [1.165, 1.54) is 4.90 Å². The molecule has 0 saturated carbocycles. The molecular formula is C15H26N2O3. The molecule has 0 aromatic carbocycles. The molecule has 2 fully saturated rings. The Hall–Kier alpha value is -0.940. The molecule has 2 heterocycles. The van der Waals surface area contributed by atoms with E-state index in [9.17, 15) is 9.59 Å². The summed E-state index contributed by atoms with van der Waals surface area (Å²) in [5.74, 6) is 0.317. The number of imide groups is 1. The Labute approximate surface area is 121 Å². The number of ether oxygens (including phenoxy) is 1. The zero-order valence-corrected chi connectivity index (χ0v) is 12.8. The van der Waals surface area contributed by atoms with Gasteiger partial charge in [-0.3, -0.25) is 14.5 Å². The quantitative estimate of drug-likeness (QED) is 0.743. The van der Waals surface area contributed by atoms with Crippen LogP contribution in [-0.2, 0) is 14.3 Å². The summed E-state index contributed by atoms with van der Waals surface area (Å²) in [5.41, 5.74) is -0.543. The maximum absolute atomic E-state index is 12.3. The van der Waals surface area contributed by atoms with Gasteiger partial charge >= 0.3 is 0 Å². The lowest BCUT2D eigenvalue weighted by Gasteiger charge is -2.28. The molecule has 5 nitrogen and oxygen atoms in total. The Morgan fingerprint density at radius 2 is 2.20 bits per heavy atom. The summed E-state index contributed by atoms with van der Waals surface area (Å²) in [5, 5.41) is 3.48. The van der Waals surface area contributed by atoms with Crippen molar-refractivity contribution >= 4 is 11.8 Å². The van der Waals surface area contributed by atoms with Gasteiger partial charge in [0.2, 0.25) is 11.8 Å². The summed E-state index contributed by atoms with van der Waals surface area (Å²) in [6.07, 6.45) is 2.37. The third-order valence-electron chi connectivity index (χ3n) is 4.29. The van der Waals surface area contributed by atoms with Crippen molar-refractivity contribution in [1.29, 1.82) is 0 Å². The molecule has 2 amide bonds. The van der Waals surface area contributed by atoms with Crippen LogP contribution in [0.5, 0.6) is 0 Å². The first kappa shape index (κ1) is 15.4. The molecule has 2 saturated heterocycles. The van der Waals surface area contributed by atoms with E-state index < -0.39 is 5.41 Å². The predicted octanol–water partition coefficient (Wildman–Crippen LogP) is 1.18. The van der Waals surface area contributed by atoms with Gasteiger partial charge in [-0.1, -0.05) is 20.8 Å². The first-order chi connectivity index (χ1) is 9.45. The molecule has 114 valence electrons. The van der Waals surface area contributed by atoms with E-state index in [2.05, 4.69) is 12.2 Å². The van der Waals surface area contributed by atoms with Crippen LogP contribution in [0.4, 0.5) is 0 Å². The first-order valence-corrected chi connectivity index (χ1v) is 7.61. The molecular weight excluding hydrogens is 256 g/mol. The maximum atomic E-state index is 12.3. The highest BCUT2D eigenvalue weighted by atomic mass is 16.5. The van der Waals surface area contributed by atoms with Crippen LogP contribution >= 0.6 is 0 Å². The highest BCUT2D eigenvalue weighted by molar-refractivity contribution is 6.05. The molecule has 20 heavy (non-hydrogen) atoms. The van der Waals surface area contributed by atoms with Gasteiger partial charge in [0.1, 0.15) is 0 Å². The lowest BCUT2D eigenvalue weighted by molar-refractivity contribution is -0.141. The number of nitrogens with zero attached hydrogens (tertiary/aromatic N) is 1. The van der Waals surface area contributed by atoms with Crippen molar-refractivity contribution in [2.45, 2.75) is 46.1 Å². The normalized spacial score (nSPS) is 27.4. The summed E-state index contributed by atoms with van der Waals surface area (Å²) in [4.78, 5) is 25.8. The standard InChI is InChI=1S/C15H26N2O3/c1-4-6-16-12(11-5-7-20-10-11)9-17-13(18)8-15(2,3)14(17)19/h11-12,16H,4-10H2,1-3H3. The van der Waals surface area contributed by atoms with Gasteiger partial charge in [0.15, 0.2) is 0 Å². The second kappa shape index (κ2) is 6.22. The third-order valence-corrected chi connectivity index (χ3v) is 4.29. The highest BCUT2D eigenvalue weighted by Gasteiger charge is 2.45. The third kappa shape index (κ3) is 3.20. The number of likely N-dealkylation sites (tertiary alicyclic amines) is 1. The first-order valence-electron chi connectivity index (χ1n) is 7.61. The minimum absolute atomic E-state index is 0.0373. The number of hydrogen-bond donors (Lipinski definition) is 1. The average Bonchev–Trinajstić information content (AvgIpc) is 2.96. The van der Waals surface area contributed by atoms with E-state index in [4.69, 9.17) is 4.74 Å². The molecule has 2 aliphatic heterocycles. The van der Waals surface area contributed by atoms with Crippen molar-refractivity contribution in [3.63, 3.8) is 0 Å². The van der Waals surface area contributed by atoms with Crippen molar-refractivity contribution in [3.8, 4) is 0 Å². The predicted molar refractivity (Wildman–Crippen MR) is 76.1 cm³/mol. The van der Waals surface area contributed by atoms with E-state index in [1.54, 1.807) is 0 Å². The smallest absolute Gasteiger partial charge is 0.235 e. The van der Waals surface area contributed by atoms with Crippen LogP contribution in [0.15, 0.2) is 0 Å². The molecule has 2 aliphatic rings. The Balaban J connectivity index is 2.03. The molecule has 5 heteroatoms. The number of carbonyl (C=O) groups is 2. The fraction of sp³-hybridized carbons (Fsp3) is 0.867. The summed E-state index contributed by atoms with van der Waals surface area (Å²) in [6, 6.07) is 0.152. The van der Waals surface area contributed by atoms with E-state index >= 15 is 0 Å². The lowest BCUT2D eigenvalue weighted by atomic mass is 9.92.